The minimum atomic E-state index is -0.772. The van der Waals surface area contributed by atoms with Gasteiger partial charge in [-0.25, -0.2) is 0 Å². The van der Waals surface area contributed by atoms with Crippen molar-refractivity contribution in [1.82, 2.24) is 20.6 Å². The van der Waals surface area contributed by atoms with Gasteiger partial charge in [0.1, 0.15) is 17.5 Å². The average Bonchev–Trinajstić information content (AvgIpc) is 3.39. The summed E-state index contributed by atoms with van der Waals surface area (Å²) in [5.41, 5.74) is 1.87. The summed E-state index contributed by atoms with van der Waals surface area (Å²) >= 11 is 0. The van der Waals surface area contributed by atoms with Gasteiger partial charge in [-0.15, -0.1) is 0 Å². The number of aromatic nitrogens is 2. The number of hydrogen-bond acceptors (Lipinski definition) is 5. The first-order valence-corrected chi connectivity index (χ1v) is 10.2. The van der Waals surface area contributed by atoms with Gasteiger partial charge in [0.2, 0.25) is 5.91 Å². The molecule has 2 amide bonds. The molecule has 32 heavy (non-hydrogen) atoms. The van der Waals surface area contributed by atoms with Gasteiger partial charge in [0.25, 0.3) is 5.91 Å². The van der Waals surface area contributed by atoms with E-state index in [9.17, 15) is 9.59 Å². The number of nitrogens with zero attached hydrogens (tertiary/aromatic N) is 2. The van der Waals surface area contributed by atoms with Crippen molar-refractivity contribution in [3.63, 3.8) is 0 Å². The second-order valence-electron chi connectivity index (χ2n) is 7.15. The number of pyridine rings is 2. The molecule has 0 saturated heterocycles. The van der Waals surface area contributed by atoms with Crippen LogP contribution in [0.4, 0.5) is 0 Å². The first kappa shape index (κ1) is 21.0. The Balaban J connectivity index is 1.65. The van der Waals surface area contributed by atoms with Gasteiger partial charge in [-0.05, 0) is 41.5 Å². The van der Waals surface area contributed by atoms with Gasteiger partial charge in [-0.2, -0.15) is 0 Å². The summed E-state index contributed by atoms with van der Waals surface area (Å²) in [5, 5.41) is 5.91. The molecule has 0 radical (unpaired) electrons. The predicted molar refractivity (Wildman–Crippen MR) is 118 cm³/mol. The Morgan fingerprint density at radius 2 is 1.75 bits per heavy atom. The lowest BCUT2D eigenvalue weighted by atomic mass is 9.89. The van der Waals surface area contributed by atoms with Gasteiger partial charge >= 0.3 is 0 Å². The molecule has 4 aromatic rings. The number of benzene rings is 1. The average molecular weight is 426 g/mol. The van der Waals surface area contributed by atoms with E-state index in [0.29, 0.717) is 17.9 Å². The van der Waals surface area contributed by atoms with E-state index >= 15 is 0 Å². The largest absolute Gasteiger partial charge is 0.467 e. The monoisotopic (exact) mass is 426 g/mol. The Labute approximate surface area is 185 Å². The second kappa shape index (κ2) is 10.2. The lowest BCUT2D eigenvalue weighted by Crippen LogP contribution is -2.40. The van der Waals surface area contributed by atoms with E-state index in [1.807, 2.05) is 36.4 Å². The topological polar surface area (TPSA) is 97.1 Å². The van der Waals surface area contributed by atoms with Gasteiger partial charge in [-0.1, -0.05) is 42.5 Å². The third kappa shape index (κ3) is 5.07. The van der Waals surface area contributed by atoms with Crippen LogP contribution in [0.15, 0.2) is 102 Å². The van der Waals surface area contributed by atoms with Crippen LogP contribution >= 0.6 is 0 Å². The van der Waals surface area contributed by atoms with E-state index < -0.39 is 17.9 Å². The number of furan rings is 1. The number of carbonyl (C=O) groups excluding carboxylic acids is 2. The number of rotatable bonds is 8. The number of amides is 2. The summed E-state index contributed by atoms with van der Waals surface area (Å²) in [4.78, 5) is 34.6. The molecule has 7 nitrogen and oxygen atoms in total. The van der Waals surface area contributed by atoms with Gasteiger partial charge in [0.05, 0.1) is 12.2 Å². The Hall–Kier alpha value is -4.26. The molecular formula is C25H22N4O3. The van der Waals surface area contributed by atoms with Crippen molar-refractivity contribution < 1.29 is 14.0 Å². The summed E-state index contributed by atoms with van der Waals surface area (Å²) in [6.45, 7) is 0.357. The highest BCUT2D eigenvalue weighted by atomic mass is 16.3. The van der Waals surface area contributed by atoms with Crippen LogP contribution in [-0.2, 0) is 11.3 Å². The van der Waals surface area contributed by atoms with Crippen molar-refractivity contribution in [1.29, 1.82) is 0 Å². The van der Waals surface area contributed by atoms with E-state index in [-0.39, 0.29) is 11.6 Å². The Morgan fingerprint density at radius 1 is 0.906 bits per heavy atom. The number of carbonyl (C=O) groups is 2. The quantitative estimate of drug-likeness (QED) is 0.448. The van der Waals surface area contributed by atoms with E-state index in [0.717, 1.165) is 5.56 Å². The molecule has 1 aromatic carbocycles. The fourth-order valence-corrected chi connectivity index (χ4v) is 3.45. The van der Waals surface area contributed by atoms with Crippen LogP contribution in [0.3, 0.4) is 0 Å². The molecule has 0 aliphatic carbocycles. The van der Waals surface area contributed by atoms with Crippen LogP contribution in [0.5, 0.6) is 0 Å². The van der Waals surface area contributed by atoms with E-state index in [1.54, 1.807) is 55.0 Å². The zero-order valence-electron chi connectivity index (χ0n) is 17.2. The fourth-order valence-electron chi connectivity index (χ4n) is 3.45. The molecule has 3 heterocycles. The zero-order valence-corrected chi connectivity index (χ0v) is 17.2. The van der Waals surface area contributed by atoms with Crippen LogP contribution in [0.1, 0.15) is 39.3 Å². The molecule has 0 aliphatic rings. The van der Waals surface area contributed by atoms with Gasteiger partial charge in [-0.3, -0.25) is 19.6 Å². The molecular weight excluding hydrogens is 404 g/mol. The maximum Gasteiger partial charge on any atom is 0.270 e. The molecule has 2 unspecified atom stereocenters. The summed E-state index contributed by atoms with van der Waals surface area (Å²) in [7, 11) is 0. The highest BCUT2D eigenvalue weighted by Crippen LogP contribution is 2.32. The van der Waals surface area contributed by atoms with Gasteiger partial charge < -0.3 is 15.1 Å². The summed E-state index contributed by atoms with van der Waals surface area (Å²) in [5.74, 6) is -0.981. The number of hydrogen-bond donors (Lipinski definition) is 2. The third-order valence-electron chi connectivity index (χ3n) is 5.00. The van der Waals surface area contributed by atoms with Crippen molar-refractivity contribution in [3.05, 3.63) is 120 Å². The lowest BCUT2D eigenvalue weighted by molar-refractivity contribution is -0.123. The second-order valence-corrected chi connectivity index (χ2v) is 7.15. The molecule has 160 valence electrons. The van der Waals surface area contributed by atoms with Crippen LogP contribution in [-0.4, -0.2) is 21.8 Å². The van der Waals surface area contributed by atoms with Crippen LogP contribution in [0, 0.1) is 0 Å². The minimum Gasteiger partial charge on any atom is -0.467 e. The number of nitrogens with one attached hydrogen (secondary N) is 2. The molecule has 4 rings (SSSR count). The smallest absolute Gasteiger partial charge is 0.270 e. The normalized spacial score (nSPS) is 12.5. The van der Waals surface area contributed by atoms with Crippen LogP contribution < -0.4 is 10.6 Å². The van der Waals surface area contributed by atoms with Crippen LogP contribution in [0.2, 0.25) is 0 Å². The zero-order chi connectivity index (χ0) is 22.2. The molecule has 7 heteroatoms. The SMILES string of the molecule is O=C(NC(c1ccco1)C(C(=O)NCc1ccccc1)c1cccnc1)c1ccccn1. The molecule has 2 atom stereocenters. The Morgan fingerprint density at radius 3 is 2.44 bits per heavy atom. The summed E-state index contributed by atoms with van der Waals surface area (Å²) in [6.07, 6.45) is 6.31. The van der Waals surface area contributed by atoms with Gasteiger partial charge in [0, 0.05) is 25.1 Å². The van der Waals surface area contributed by atoms with Crippen molar-refractivity contribution in [2.45, 2.75) is 18.5 Å². The lowest BCUT2D eigenvalue weighted by Gasteiger charge is -2.26. The molecule has 0 aliphatic heterocycles. The first-order valence-electron chi connectivity index (χ1n) is 10.2. The molecule has 3 aromatic heterocycles. The highest BCUT2D eigenvalue weighted by Gasteiger charge is 2.34. The van der Waals surface area contributed by atoms with Gasteiger partial charge in [0.15, 0.2) is 0 Å². The minimum absolute atomic E-state index is 0.249. The third-order valence-corrected chi connectivity index (χ3v) is 5.00. The van der Waals surface area contributed by atoms with E-state index in [1.165, 1.54) is 6.26 Å². The van der Waals surface area contributed by atoms with E-state index in [2.05, 4.69) is 20.6 Å². The Kier molecular flexibility index (Phi) is 6.67. The summed E-state index contributed by atoms with van der Waals surface area (Å²) in [6, 6.07) is 21.0. The van der Waals surface area contributed by atoms with Crippen molar-refractivity contribution in [3.8, 4) is 0 Å². The van der Waals surface area contributed by atoms with Crippen LogP contribution in [0.25, 0.3) is 0 Å². The predicted octanol–water partition coefficient (Wildman–Crippen LogP) is 3.64. The molecule has 0 bridgehead atoms. The molecule has 0 saturated carbocycles. The summed E-state index contributed by atoms with van der Waals surface area (Å²) < 4.78 is 5.61. The molecule has 0 spiro atoms. The fraction of sp³-hybridized carbons (Fsp3) is 0.120. The highest BCUT2D eigenvalue weighted by molar-refractivity contribution is 5.93. The van der Waals surface area contributed by atoms with Crippen molar-refractivity contribution in [2.24, 2.45) is 0 Å². The Bertz CT molecular complexity index is 1130. The standard InChI is InChI=1S/C25H22N4O3/c30-24(20-11-4-5-14-27-20)29-23(21-12-7-15-32-21)22(19-10-6-13-26-17-19)25(31)28-16-18-8-2-1-3-9-18/h1-15,17,22-23H,16H2,(H,28,31)(H,29,30). The maximum atomic E-state index is 13.4. The van der Waals surface area contributed by atoms with Crippen molar-refractivity contribution >= 4 is 11.8 Å². The first-order chi connectivity index (χ1) is 15.7. The van der Waals surface area contributed by atoms with E-state index in [4.69, 9.17) is 4.42 Å². The molecule has 2 N–H and O–H groups in total. The maximum absolute atomic E-state index is 13.4. The van der Waals surface area contributed by atoms with Crippen molar-refractivity contribution in [2.75, 3.05) is 0 Å². The molecule has 0 fully saturated rings.